The standard InChI is InChI=1S/C14H17N3O4/c1-14(13(16)19)2-3-17(6-14)12(18)8-4-10-11(5-9(8)15)21-7-20-10/h4-5H,2-3,6-7,15H2,1H3,(H2,16,19). The van der Waals surface area contributed by atoms with E-state index in [1.807, 2.05) is 0 Å². The molecule has 2 aliphatic rings. The van der Waals surface area contributed by atoms with Gasteiger partial charge < -0.3 is 25.8 Å². The van der Waals surface area contributed by atoms with E-state index in [0.29, 0.717) is 42.3 Å². The number of amides is 2. The highest BCUT2D eigenvalue weighted by Gasteiger charge is 2.41. The highest BCUT2D eigenvalue weighted by molar-refractivity contribution is 6.00. The summed E-state index contributed by atoms with van der Waals surface area (Å²) < 4.78 is 10.5. The Hall–Kier alpha value is -2.44. The van der Waals surface area contributed by atoms with Crippen LogP contribution in [0.1, 0.15) is 23.7 Å². The fourth-order valence-corrected chi connectivity index (χ4v) is 2.65. The van der Waals surface area contributed by atoms with Crippen LogP contribution >= 0.6 is 0 Å². The molecule has 1 aromatic carbocycles. The number of carbonyl (C=O) groups excluding carboxylic acids is 2. The number of rotatable bonds is 2. The number of benzene rings is 1. The Labute approximate surface area is 121 Å². The smallest absolute Gasteiger partial charge is 0.256 e. The third-order valence-electron chi connectivity index (χ3n) is 4.13. The Bertz CT molecular complexity index is 631. The number of ether oxygens (including phenoxy) is 2. The molecule has 2 amide bonds. The van der Waals surface area contributed by atoms with Gasteiger partial charge in [0.1, 0.15) is 0 Å². The van der Waals surface area contributed by atoms with E-state index in [9.17, 15) is 9.59 Å². The number of likely N-dealkylation sites (tertiary alicyclic amines) is 1. The first-order valence-electron chi connectivity index (χ1n) is 6.69. The lowest BCUT2D eigenvalue weighted by atomic mass is 9.89. The minimum atomic E-state index is -0.680. The molecule has 0 spiro atoms. The molecular formula is C14H17N3O4. The Kier molecular flexibility index (Phi) is 2.93. The summed E-state index contributed by atoms with van der Waals surface area (Å²) in [5.74, 6) is 0.420. The maximum Gasteiger partial charge on any atom is 0.256 e. The molecule has 1 atom stereocenters. The molecule has 0 radical (unpaired) electrons. The van der Waals surface area contributed by atoms with E-state index in [0.717, 1.165) is 0 Å². The number of anilines is 1. The number of hydrogen-bond acceptors (Lipinski definition) is 5. The van der Waals surface area contributed by atoms with Gasteiger partial charge in [0.2, 0.25) is 12.7 Å². The number of fused-ring (bicyclic) bond motifs is 1. The van der Waals surface area contributed by atoms with Crippen LogP contribution in [0.4, 0.5) is 5.69 Å². The van der Waals surface area contributed by atoms with E-state index in [-0.39, 0.29) is 12.7 Å². The first kappa shape index (κ1) is 13.5. The van der Waals surface area contributed by atoms with Crippen LogP contribution in [0.5, 0.6) is 11.5 Å². The molecule has 2 heterocycles. The minimum Gasteiger partial charge on any atom is -0.454 e. The lowest BCUT2D eigenvalue weighted by Crippen LogP contribution is -2.38. The summed E-state index contributed by atoms with van der Waals surface area (Å²) in [6.07, 6.45) is 0.554. The minimum absolute atomic E-state index is 0.121. The van der Waals surface area contributed by atoms with Crippen molar-refractivity contribution in [2.24, 2.45) is 11.1 Å². The topological polar surface area (TPSA) is 108 Å². The number of carbonyl (C=O) groups is 2. The van der Waals surface area contributed by atoms with Crippen LogP contribution in [-0.4, -0.2) is 36.6 Å². The van der Waals surface area contributed by atoms with Crippen molar-refractivity contribution >= 4 is 17.5 Å². The summed E-state index contributed by atoms with van der Waals surface area (Å²) in [6.45, 7) is 2.67. The molecule has 1 saturated heterocycles. The molecule has 21 heavy (non-hydrogen) atoms. The molecule has 3 rings (SSSR count). The van der Waals surface area contributed by atoms with E-state index in [1.54, 1.807) is 24.0 Å². The SMILES string of the molecule is CC1(C(N)=O)CCN(C(=O)c2cc3c(cc2N)OCO3)C1. The zero-order valence-corrected chi connectivity index (χ0v) is 11.7. The Balaban J connectivity index is 1.85. The van der Waals surface area contributed by atoms with E-state index in [4.69, 9.17) is 20.9 Å². The molecule has 7 heteroatoms. The van der Waals surface area contributed by atoms with Gasteiger partial charge in [-0.15, -0.1) is 0 Å². The molecule has 112 valence electrons. The Morgan fingerprint density at radius 3 is 2.57 bits per heavy atom. The third kappa shape index (κ3) is 2.14. The fraction of sp³-hybridized carbons (Fsp3) is 0.429. The fourth-order valence-electron chi connectivity index (χ4n) is 2.65. The normalized spacial score (nSPS) is 23.4. The summed E-state index contributed by atoms with van der Waals surface area (Å²) in [7, 11) is 0. The first-order valence-corrected chi connectivity index (χ1v) is 6.69. The van der Waals surface area contributed by atoms with Gasteiger partial charge in [-0.2, -0.15) is 0 Å². The van der Waals surface area contributed by atoms with E-state index in [1.165, 1.54) is 0 Å². The van der Waals surface area contributed by atoms with Crippen molar-refractivity contribution in [3.63, 3.8) is 0 Å². The molecule has 0 aliphatic carbocycles. The van der Waals surface area contributed by atoms with E-state index >= 15 is 0 Å². The second-order valence-electron chi connectivity index (χ2n) is 5.69. The molecule has 1 unspecified atom stereocenters. The van der Waals surface area contributed by atoms with Gasteiger partial charge in [0.15, 0.2) is 11.5 Å². The average Bonchev–Trinajstić information content (AvgIpc) is 3.04. The number of nitrogen functional groups attached to an aromatic ring is 1. The summed E-state index contributed by atoms with van der Waals surface area (Å²) in [6, 6.07) is 3.17. The van der Waals surface area contributed by atoms with Gasteiger partial charge in [0.25, 0.3) is 5.91 Å². The Morgan fingerprint density at radius 2 is 1.95 bits per heavy atom. The van der Waals surface area contributed by atoms with Crippen LogP contribution in [0.15, 0.2) is 12.1 Å². The average molecular weight is 291 g/mol. The van der Waals surface area contributed by atoms with Gasteiger partial charge in [-0.25, -0.2) is 0 Å². The van der Waals surface area contributed by atoms with Crippen molar-refractivity contribution in [2.75, 3.05) is 25.6 Å². The lowest BCUT2D eigenvalue weighted by molar-refractivity contribution is -0.126. The van der Waals surface area contributed by atoms with Gasteiger partial charge in [0, 0.05) is 24.8 Å². The highest BCUT2D eigenvalue weighted by Crippen LogP contribution is 2.37. The summed E-state index contributed by atoms with van der Waals surface area (Å²) in [4.78, 5) is 25.6. The second-order valence-corrected chi connectivity index (χ2v) is 5.69. The summed E-state index contributed by atoms with van der Waals surface area (Å²) in [5.41, 5.74) is 11.3. The van der Waals surface area contributed by atoms with Gasteiger partial charge >= 0.3 is 0 Å². The second kappa shape index (κ2) is 4.54. The van der Waals surface area contributed by atoms with Gasteiger partial charge in [-0.1, -0.05) is 0 Å². The molecule has 2 aliphatic heterocycles. The molecule has 1 fully saturated rings. The van der Waals surface area contributed by atoms with Crippen LogP contribution < -0.4 is 20.9 Å². The number of primary amides is 1. The van der Waals surface area contributed by atoms with E-state index in [2.05, 4.69) is 0 Å². The van der Waals surface area contributed by atoms with Gasteiger partial charge in [0.05, 0.1) is 11.0 Å². The highest BCUT2D eigenvalue weighted by atomic mass is 16.7. The van der Waals surface area contributed by atoms with Crippen molar-refractivity contribution in [3.8, 4) is 11.5 Å². The quantitative estimate of drug-likeness (QED) is 0.764. The molecule has 1 aromatic rings. The number of nitrogens with two attached hydrogens (primary N) is 2. The maximum absolute atomic E-state index is 12.6. The number of hydrogen-bond donors (Lipinski definition) is 2. The molecule has 4 N–H and O–H groups in total. The van der Waals surface area contributed by atoms with Crippen LogP contribution in [0, 0.1) is 5.41 Å². The molecule has 0 aromatic heterocycles. The van der Waals surface area contributed by atoms with Crippen molar-refractivity contribution < 1.29 is 19.1 Å². The largest absolute Gasteiger partial charge is 0.454 e. The molecule has 0 bridgehead atoms. The zero-order chi connectivity index (χ0) is 15.2. The van der Waals surface area contributed by atoms with E-state index < -0.39 is 11.3 Å². The summed E-state index contributed by atoms with van der Waals surface area (Å²) in [5, 5.41) is 0. The predicted octanol–water partition coefficient (Wildman–Crippen LogP) is 0.335. The van der Waals surface area contributed by atoms with Crippen LogP contribution in [-0.2, 0) is 4.79 Å². The van der Waals surface area contributed by atoms with Crippen LogP contribution in [0.2, 0.25) is 0 Å². The number of nitrogens with zero attached hydrogens (tertiary/aromatic N) is 1. The monoisotopic (exact) mass is 291 g/mol. The summed E-state index contributed by atoms with van der Waals surface area (Å²) >= 11 is 0. The Morgan fingerprint density at radius 1 is 1.29 bits per heavy atom. The van der Waals surface area contributed by atoms with Crippen molar-refractivity contribution in [1.29, 1.82) is 0 Å². The lowest BCUT2D eigenvalue weighted by Gasteiger charge is -2.21. The maximum atomic E-state index is 12.6. The zero-order valence-electron chi connectivity index (χ0n) is 11.7. The van der Waals surface area contributed by atoms with Crippen molar-refractivity contribution in [1.82, 2.24) is 4.90 Å². The molecule has 0 saturated carbocycles. The predicted molar refractivity (Wildman–Crippen MR) is 74.8 cm³/mol. The first-order chi connectivity index (χ1) is 9.90. The molecule has 7 nitrogen and oxygen atoms in total. The molecular weight excluding hydrogens is 274 g/mol. The van der Waals surface area contributed by atoms with Gasteiger partial charge in [-0.3, -0.25) is 9.59 Å². The van der Waals surface area contributed by atoms with Crippen LogP contribution in [0.3, 0.4) is 0 Å². The third-order valence-corrected chi connectivity index (χ3v) is 4.13. The van der Waals surface area contributed by atoms with Crippen molar-refractivity contribution in [3.05, 3.63) is 17.7 Å². The van der Waals surface area contributed by atoms with Gasteiger partial charge in [-0.05, 0) is 19.4 Å². The van der Waals surface area contributed by atoms with Crippen LogP contribution in [0.25, 0.3) is 0 Å². The van der Waals surface area contributed by atoms with Crippen molar-refractivity contribution in [2.45, 2.75) is 13.3 Å².